The van der Waals surface area contributed by atoms with E-state index in [1.54, 1.807) is 12.1 Å². The molecule has 1 rings (SSSR count). The number of aliphatic hydroxyl groups is 1. The van der Waals surface area contributed by atoms with Crippen LogP contribution < -0.4 is 5.32 Å². The Morgan fingerprint density at radius 1 is 1.42 bits per heavy atom. The number of halogens is 1. The van der Waals surface area contributed by atoms with E-state index in [0.717, 1.165) is 12.8 Å². The first kappa shape index (κ1) is 16.0. The van der Waals surface area contributed by atoms with Gasteiger partial charge in [-0.05, 0) is 12.0 Å². The molecule has 0 aliphatic carbocycles. The highest BCUT2D eigenvalue weighted by atomic mass is 35.5. The first-order chi connectivity index (χ1) is 9.04. The molecule has 2 N–H and O–H groups in total. The molecule has 0 heterocycles. The van der Waals surface area contributed by atoms with E-state index in [9.17, 15) is 9.90 Å². The van der Waals surface area contributed by atoms with E-state index >= 15 is 0 Å². The van der Waals surface area contributed by atoms with E-state index in [-0.39, 0.29) is 12.5 Å². The van der Waals surface area contributed by atoms with Crippen LogP contribution in [-0.2, 0) is 4.79 Å². The monoisotopic (exact) mass is 283 g/mol. The number of carbonyl (C=O) groups is 1. The lowest BCUT2D eigenvalue weighted by atomic mass is 10.0. The number of nitrogens with one attached hydrogen (secondary N) is 1. The van der Waals surface area contributed by atoms with Gasteiger partial charge in [0.2, 0.25) is 5.91 Å². The normalized spacial score (nSPS) is 13.9. The summed E-state index contributed by atoms with van der Waals surface area (Å²) in [6.45, 7) is 4.37. The molecule has 0 saturated carbocycles. The molecule has 0 aliphatic heterocycles. The topological polar surface area (TPSA) is 49.3 Å². The van der Waals surface area contributed by atoms with Gasteiger partial charge < -0.3 is 10.4 Å². The lowest BCUT2D eigenvalue weighted by molar-refractivity contribution is -0.122. The molecule has 1 aromatic carbocycles. The summed E-state index contributed by atoms with van der Waals surface area (Å²) in [7, 11) is 0. The minimum atomic E-state index is -0.765. The third-order valence-corrected chi connectivity index (χ3v) is 3.42. The van der Waals surface area contributed by atoms with Crippen LogP contribution >= 0.6 is 11.6 Å². The van der Waals surface area contributed by atoms with Gasteiger partial charge in [0.1, 0.15) is 0 Å². The Morgan fingerprint density at radius 3 is 2.74 bits per heavy atom. The summed E-state index contributed by atoms with van der Waals surface area (Å²) in [5, 5.41) is 13.3. The number of hydrogen-bond acceptors (Lipinski definition) is 2. The second kappa shape index (κ2) is 8.18. The van der Waals surface area contributed by atoms with E-state index in [0.29, 0.717) is 22.9 Å². The second-order valence-corrected chi connectivity index (χ2v) is 5.35. The molecule has 1 aromatic rings. The lowest BCUT2D eigenvalue weighted by Crippen LogP contribution is -2.29. The Labute approximate surface area is 120 Å². The molecule has 2 unspecified atom stereocenters. The van der Waals surface area contributed by atoms with E-state index in [1.807, 2.05) is 12.1 Å². The van der Waals surface area contributed by atoms with E-state index in [4.69, 9.17) is 11.6 Å². The third-order valence-electron chi connectivity index (χ3n) is 3.07. The first-order valence-electron chi connectivity index (χ1n) is 6.73. The van der Waals surface area contributed by atoms with Crippen LogP contribution in [0.3, 0.4) is 0 Å². The Hall–Kier alpha value is -1.06. The highest BCUT2D eigenvalue weighted by Crippen LogP contribution is 2.21. The van der Waals surface area contributed by atoms with Crippen molar-refractivity contribution in [1.82, 2.24) is 5.32 Å². The smallest absolute Gasteiger partial charge is 0.220 e. The van der Waals surface area contributed by atoms with Crippen LogP contribution in [0.15, 0.2) is 24.3 Å². The summed E-state index contributed by atoms with van der Waals surface area (Å²) < 4.78 is 0. The van der Waals surface area contributed by atoms with Crippen LogP contribution in [0.1, 0.15) is 44.8 Å². The van der Waals surface area contributed by atoms with Gasteiger partial charge in [-0.25, -0.2) is 0 Å². The Balaban J connectivity index is 2.40. The van der Waals surface area contributed by atoms with Crippen molar-refractivity contribution in [2.45, 2.75) is 39.2 Å². The number of aliphatic hydroxyl groups excluding tert-OH is 1. The summed E-state index contributed by atoms with van der Waals surface area (Å²) >= 11 is 5.99. The average molecular weight is 284 g/mol. The predicted octanol–water partition coefficient (Wildman–Crippen LogP) is 3.32. The van der Waals surface area contributed by atoms with Gasteiger partial charge in [0.25, 0.3) is 0 Å². The minimum absolute atomic E-state index is 0.0212. The van der Waals surface area contributed by atoms with Gasteiger partial charge >= 0.3 is 0 Å². The molecule has 0 spiro atoms. The number of hydrogen-bond donors (Lipinski definition) is 2. The zero-order valence-corrected chi connectivity index (χ0v) is 12.3. The predicted molar refractivity (Wildman–Crippen MR) is 78.1 cm³/mol. The fourth-order valence-electron chi connectivity index (χ4n) is 2.05. The van der Waals surface area contributed by atoms with Crippen molar-refractivity contribution in [2.75, 3.05) is 6.54 Å². The molecule has 3 nitrogen and oxygen atoms in total. The number of rotatable bonds is 7. The van der Waals surface area contributed by atoms with Gasteiger partial charge in [0.05, 0.1) is 6.10 Å². The van der Waals surface area contributed by atoms with Crippen molar-refractivity contribution in [3.8, 4) is 0 Å². The molecule has 0 radical (unpaired) electrons. The van der Waals surface area contributed by atoms with Crippen molar-refractivity contribution in [3.63, 3.8) is 0 Å². The Kier molecular flexibility index (Phi) is 6.89. The summed E-state index contributed by atoms with van der Waals surface area (Å²) in [5.74, 6) is 0.356. The Morgan fingerprint density at radius 2 is 2.11 bits per heavy atom. The van der Waals surface area contributed by atoms with Crippen molar-refractivity contribution < 1.29 is 9.90 Å². The molecule has 0 saturated heterocycles. The first-order valence-corrected chi connectivity index (χ1v) is 7.11. The minimum Gasteiger partial charge on any atom is -0.387 e. The maximum absolute atomic E-state index is 11.7. The van der Waals surface area contributed by atoms with Gasteiger partial charge in [0.15, 0.2) is 0 Å². The molecule has 106 valence electrons. The van der Waals surface area contributed by atoms with Gasteiger partial charge in [-0.3, -0.25) is 4.79 Å². The fraction of sp³-hybridized carbons (Fsp3) is 0.533. The zero-order valence-electron chi connectivity index (χ0n) is 11.5. The zero-order chi connectivity index (χ0) is 14.3. The van der Waals surface area contributed by atoms with Gasteiger partial charge in [-0.2, -0.15) is 0 Å². The van der Waals surface area contributed by atoms with E-state index < -0.39 is 6.10 Å². The lowest BCUT2D eigenvalue weighted by Gasteiger charge is -2.15. The van der Waals surface area contributed by atoms with Crippen LogP contribution in [0.25, 0.3) is 0 Å². The number of carbonyl (C=O) groups excluding carboxylic acids is 1. The molecule has 4 heteroatoms. The van der Waals surface area contributed by atoms with Crippen molar-refractivity contribution in [2.24, 2.45) is 5.92 Å². The van der Waals surface area contributed by atoms with Crippen LogP contribution in [-0.4, -0.2) is 17.6 Å². The summed E-state index contributed by atoms with van der Waals surface area (Å²) in [5.41, 5.74) is 0.645. The molecule has 0 bridgehead atoms. The average Bonchev–Trinajstić information content (AvgIpc) is 2.36. The van der Waals surface area contributed by atoms with Crippen molar-refractivity contribution in [1.29, 1.82) is 0 Å². The highest BCUT2D eigenvalue weighted by molar-refractivity contribution is 6.31. The van der Waals surface area contributed by atoms with Crippen LogP contribution in [0.5, 0.6) is 0 Å². The molecule has 0 aliphatic rings. The van der Waals surface area contributed by atoms with Crippen LogP contribution in [0, 0.1) is 5.92 Å². The molecule has 1 amide bonds. The Bertz CT molecular complexity index is 409. The molecule has 0 fully saturated rings. The third kappa shape index (κ3) is 5.62. The maximum Gasteiger partial charge on any atom is 0.220 e. The van der Waals surface area contributed by atoms with E-state index in [1.165, 1.54) is 0 Å². The van der Waals surface area contributed by atoms with Gasteiger partial charge in [-0.15, -0.1) is 0 Å². The number of benzene rings is 1. The number of amides is 1. The molecular formula is C15H22ClNO2. The van der Waals surface area contributed by atoms with Crippen molar-refractivity contribution >= 4 is 17.5 Å². The summed E-state index contributed by atoms with van der Waals surface area (Å²) in [4.78, 5) is 11.7. The molecular weight excluding hydrogens is 262 g/mol. The molecule has 2 atom stereocenters. The highest BCUT2D eigenvalue weighted by Gasteiger charge is 2.13. The maximum atomic E-state index is 11.7. The molecule has 0 aromatic heterocycles. The van der Waals surface area contributed by atoms with Gasteiger partial charge in [0, 0.05) is 23.6 Å². The largest absolute Gasteiger partial charge is 0.387 e. The second-order valence-electron chi connectivity index (χ2n) is 4.94. The quantitative estimate of drug-likeness (QED) is 0.806. The fourth-order valence-corrected chi connectivity index (χ4v) is 2.31. The SMILES string of the molecule is CCCC(C)CC(=O)NCC(O)c1ccccc1Cl. The van der Waals surface area contributed by atoms with Gasteiger partial charge in [-0.1, -0.05) is 56.5 Å². The standard InChI is InChI=1S/C15H22ClNO2/c1-3-6-11(2)9-15(19)17-10-14(18)12-7-4-5-8-13(12)16/h4-5,7-8,11,14,18H,3,6,9-10H2,1-2H3,(H,17,19). The molecule has 19 heavy (non-hydrogen) atoms. The summed E-state index contributed by atoms with van der Waals surface area (Å²) in [6, 6.07) is 7.11. The van der Waals surface area contributed by atoms with Crippen LogP contribution in [0.2, 0.25) is 5.02 Å². The van der Waals surface area contributed by atoms with Crippen molar-refractivity contribution in [3.05, 3.63) is 34.9 Å². The van der Waals surface area contributed by atoms with Crippen LogP contribution in [0.4, 0.5) is 0 Å². The summed E-state index contributed by atoms with van der Waals surface area (Å²) in [6.07, 6.45) is 1.86. The van der Waals surface area contributed by atoms with E-state index in [2.05, 4.69) is 19.2 Å².